The van der Waals surface area contributed by atoms with Crippen molar-refractivity contribution in [3.63, 3.8) is 0 Å². The molecule has 0 fully saturated rings. The highest BCUT2D eigenvalue weighted by atomic mass is 35.5. The minimum absolute atomic E-state index is 0.146. The fraction of sp³-hybridized carbons (Fsp3) is 0.182. The lowest BCUT2D eigenvalue weighted by atomic mass is 10.2. The van der Waals surface area contributed by atoms with Crippen LogP contribution in [0.15, 0.2) is 53.6 Å². The van der Waals surface area contributed by atoms with Crippen LogP contribution in [0.5, 0.6) is 0 Å². The molecule has 1 amide bonds. The van der Waals surface area contributed by atoms with Crippen LogP contribution in [0.2, 0.25) is 10.0 Å². The van der Waals surface area contributed by atoms with Gasteiger partial charge in [-0.2, -0.15) is 15.0 Å². The number of aromatic nitrogens is 3. The summed E-state index contributed by atoms with van der Waals surface area (Å²) in [4.78, 5) is 26.0. The Kier molecular flexibility index (Phi) is 8.76. The maximum Gasteiger partial charge on any atom is 0.232 e. The first-order valence-electron chi connectivity index (χ1n) is 9.91. The van der Waals surface area contributed by atoms with Gasteiger partial charge in [0.2, 0.25) is 17.8 Å². The third kappa shape index (κ3) is 7.81. The molecule has 1 aromatic heterocycles. The van der Waals surface area contributed by atoms with E-state index >= 15 is 0 Å². The summed E-state index contributed by atoms with van der Waals surface area (Å²) in [5.41, 5.74) is 8.28. The van der Waals surface area contributed by atoms with E-state index in [1.165, 1.54) is 18.0 Å². The summed E-state index contributed by atoms with van der Waals surface area (Å²) in [5.74, 6) is 1.55. The Hall–Kier alpha value is -3.01. The number of aryl methyl sites for hydroxylation is 2. The van der Waals surface area contributed by atoms with Gasteiger partial charge in [-0.15, -0.1) is 11.8 Å². The van der Waals surface area contributed by atoms with Gasteiger partial charge in [0.15, 0.2) is 0 Å². The zero-order chi connectivity index (χ0) is 23.8. The lowest BCUT2D eigenvalue weighted by molar-refractivity contribution is -0.115. The van der Waals surface area contributed by atoms with Crippen molar-refractivity contribution in [1.82, 2.24) is 15.0 Å². The SMILES string of the molecule is Cc1ccc(NC(=O)C/C(=C/N)SCNc2nc(C)nc(Nc3ccc(Cl)c(Cl)c3)n2)cc1. The number of nitrogens with zero attached hydrogens (tertiary/aromatic N) is 3. The van der Waals surface area contributed by atoms with Crippen LogP contribution in [-0.4, -0.2) is 26.7 Å². The highest BCUT2D eigenvalue weighted by Gasteiger charge is 2.09. The van der Waals surface area contributed by atoms with Crippen molar-refractivity contribution in [1.29, 1.82) is 0 Å². The smallest absolute Gasteiger partial charge is 0.232 e. The van der Waals surface area contributed by atoms with Crippen LogP contribution in [0.4, 0.5) is 23.3 Å². The predicted molar refractivity (Wildman–Crippen MR) is 137 cm³/mol. The third-order valence-electron chi connectivity index (χ3n) is 4.27. The molecule has 172 valence electrons. The average Bonchev–Trinajstić information content (AvgIpc) is 2.77. The molecule has 33 heavy (non-hydrogen) atoms. The topological polar surface area (TPSA) is 118 Å². The molecule has 1 heterocycles. The molecule has 3 rings (SSSR count). The van der Waals surface area contributed by atoms with Crippen molar-refractivity contribution in [2.24, 2.45) is 5.73 Å². The molecular weight excluding hydrogens is 481 g/mol. The Labute approximate surface area is 206 Å². The number of hydrogen-bond donors (Lipinski definition) is 4. The molecule has 0 aliphatic rings. The third-order valence-corrected chi connectivity index (χ3v) is 5.95. The first-order valence-corrected chi connectivity index (χ1v) is 11.7. The van der Waals surface area contributed by atoms with E-state index in [9.17, 15) is 4.79 Å². The van der Waals surface area contributed by atoms with Crippen molar-refractivity contribution in [2.75, 3.05) is 21.8 Å². The molecule has 0 saturated carbocycles. The van der Waals surface area contributed by atoms with Crippen molar-refractivity contribution in [3.05, 3.63) is 75.0 Å². The van der Waals surface area contributed by atoms with Gasteiger partial charge in [-0.1, -0.05) is 40.9 Å². The Morgan fingerprint density at radius 1 is 1.00 bits per heavy atom. The number of amides is 1. The number of anilines is 4. The second-order valence-corrected chi connectivity index (χ2v) is 8.89. The van der Waals surface area contributed by atoms with Crippen molar-refractivity contribution >= 4 is 64.1 Å². The summed E-state index contributed by atoms with van der Waals surface area (Å²) >= 11 is 13.4. The molecule has 8 nitrogen and oxygen atoms in total. The molecule has 0 radical (unpaired) electrons. The number of hydrogen-bond acceptors (Lipinski definition) is 8. The number of benzene rings is 2. The van der Waals surface area contributed by atoms with Crippen molar-refractivity contribution < 1.29 is 4.79 Å². The number of nitrogens with one attached hydrogen (secondary N) is 3. The Morgan fingerprint density at radius 3 is 2.39 bits per heavy atom. The normalized spacial score (nSPS) is 11.2. The highest BCUT2D eigenvalue weighted by Crippen LogP contribution is 2.26. The van der Waals surface area contributed by atoms with Gasteiger partial charge < -0.3 is 21.7 Å². The second kappa shape index (κ2) is 11.7. The van der Waals surface area contributed by atoms with Crippen LogP contribution in [0.1, 0.15) is 17.8 Å². The number of nitrogens with two attached hydrogens (primary N) is 1. The monoisotopic (exact) mass is 503 g/mol. The molecular formula is C22H23Cl2N7OS. The van der Waals surface area contributed by atoms with E-state index in [0.717, 1.165) is 11.3 Å². The zero-order valence-electron chi connectivity index (χ0n) is 18.0. The molecule has 0 aliphatic heterocycles. The molecule has 0 bridgehead atoms. The molecule has 0 saturated heterocycles. The van der Waals surface area contributed by atoms with E-state index in [1.54, 1.807) is 25.1 Å². The van der Waals surface area contributed by atoms with Gasteiger partial charge in [0, 0.05) is 22.5 Å². The molecule has 0 atom stereocenters. The van der Waals surface area contributed by atoms with Crippen molar-refractivity contribution in [2.45, 2.75) is 20.3 Å². The second-order valence-electron chi connectivity index (χ2n) is 6.97. The summed E-state index contributed by atoms with van der Waals surface area (Å²) in [5, 5.41) is 9.94. The predicted octanol–water partition coefficient (Wildman–Crippen LogP) is 5.47. The van der Waals surface area contributed by atoms with E-state index in [4.69, 9.17) is 28.9 Å². The summed E-state index contributed by atoms with van der Waals surface area (Å²) in [6.07, 6.45) is 1.59. The van der Waals surface area contributed by atoms with E-state index in [2.05, 4.69) is 30.9 Å². The molecule has 5 N–H and O–H groups in total. The highest BCUT2D eigenvalue weighted by molar-refractivity contribution is 8.03. The van der Waals surface area contributed by atoms with E-state index in [-0.39, 0.29) is 12.3 Å². The fourth-order valence-electron chi connectivity index (χ4n) is 2.67. The molecule has 0 aliphatic carbocycles. The van der Waals surface area contributed by atoms with Gasteiger partial charge in [-0.25, -0.2) is 0 Å². The number of rotatable bonds is 9. The maximum absolute atomic E-state index is 12.3. The van der Waals surface area contributed by atoms with Gasteiger partial charge in [0.05, 0.1) is 22.3 Å². The summed E-state index contributed by atoms with van der Waals surface area (Å²) in [6, 6.07) is 12.7. The first kappa shape index (κ1) is 24.6. The van der Waals surface area contributed by atoms with Gasteiger partial charge in [0.1, 0.15) is 5.82 Å². The molecule has 2 aromatic carbocycles. The minimum atomic E-state index is -0.146. The van der Waals surface area contributed by atoms with E-state index < -0.39 is 0 Å². The van der Waals surface area contributed by atoms with Crippen LogP contribution in [0.3, 0.4) is 0 Å². The Balaban J connectivity index is 1.53. The maximum atomic E-state index is 12.3. The lowest BCUT2D eigenvalue weighted by Crippen LogP contribution is -2.13. The summed E-state index contributed by atoms with van der Waals surface area (Å²) < 4.78 is 0. The molecule has 0 unspecified atom stereocenters. The number of carbonyl (C=O) groups is 1. The standard InChI is InChI=1S/C22H23Cl2N7OS/c1-13-3-5-15(6-4-13)29-20(32)10-17(11-25)33-12-26-21-27-14(2)28-22(31-21)30-16-7-8-18(23)19(24)9-16/h3-9,11H,10,12,25H2,1-2H3,(H,29,32)(H2,26,27,28,30,31)/b17-11-. The Bertz CT molecular complexity index is 1160. The van der Waals surface area contributed by atoms with E-state index in [0.29, 0.717) is 44.2 Å². The minimum Gasteiger partial charge on any atom is -0.404 e. The van der Waals surface area contributed by atoms with Gasteiger partial charge in [-0.3, -0.25) is 4.79 Å². The molecule has 11 heteroatoms. The zero-order valence-corrected chi connectivity index (χ0v) is 20.4. The van der Waals surface area contributed by atoms with Crippen LogP contribution in [-0.2, 0) is 4.79 Å². The number of halogens is 2. The summed E-state index contributed by atoms with van der Waals surface area (Å²) in [7, 11) is 0. The first-order chi connectivity index (χ1) is 15.8. The fourth-order valence-corrected chi connectivity index (χ4v) is 3.69. The van der Waals surface area contributed by atoms with E-state index in [1.807, 2.05) is 31.2 Å². The molecule has 0 spiro atoms. The quantitative estimate of drug-likeness (QED) is 0.284. The largest absolute Gasteiger partial charge is 0.404 e. The van der Waals surface area contributed by atoms with Crippen LogP contribution in [0.25, 0.3) is 0 Å². The van der Waals surface area contributed by atoms with Gasteiger partial charge in [0.25, 0.3) is 0 Å². The van der Waals surface area contributed by atoms with Gasteiger partial charge in [-0.05, 0) is 44.2 Å². The van der Waals surface area contributed by atoms with Crippen LogP contribution >= 0.6 is 35.0 Å². The van der Waals surface area contributed by atoms with Crippen molar-refractivity contribution in [3.8, 4) is 0 Å². The van der Waals surface area contributed by atoms with Crippen LogP contribution < -0.4 is 21.7 Å². The van der Waals surface area contributed by atoms with Gasteiger partial charge >= 0.3 is 0 Å². The summed E-state index contributed by atoms with van der Waals surface area (Å²) in [6.45, 7) is 3.76. The number of carbonyl (C=O) groups excluding carboxylic acids is 1. The Morgan fingerprint density at radius 2 is 1.70 bits per heavy atom. The molecule has 3 aromatic rings. The average molecular weight is 504 g/mol. The lowest BCUT2D eigenvalue weighted by Gasteiger charge is -2.11. The van der Waals surface area contributed by atoms with Crippen LogP contribution in [0, 0.1) is 13.8 Å². The number of thioether (sulfide) groups is 1.